The number of hydrogen-bond acceptors (Lipinski definition) is 7. The summed E-state index contributed by atoms with van der Waals surface area (Å²) in [6.45, 7) is 0. The molecule has 0 saturated heterocycles. The molecule has 1 aliphatic heterocycles. The Morgan fingerprint density at radius 3 is 2.68 bits per heavy atom. The van der Waals surface area contributed by atoms with Crippen LogP contribution in [0.2, 0.25) is 0 Å². The molecule has 0 spiro atoms. The lowest BCUT2D eigenvalue weighted by Gasteiger charge is -2.03. The van der Waals surface area contributed by atoms with E-state index in [2.05, 4.69) is 25.0 Å². The molecule has 0 amide bonds. The standard InChI is InChI=1S/C15H15N3O4/c1-21-14(19)9-12(15(20)22-2)17-18-13-8-10-6-4-3-5-7-11(10)16-13/h3-8H,9H2,1-2H3,(H,16,18)/b17-12-. The van der Waals surface area contributed by atoms with Crippen molar-refractivity contribution in [2.45, 2.75) is 6.42 Å². The van der Waals surface area contributed by atoms with Gasteiger partial charge in [-0.05, 0) is 12.1 Å². The highest BCUT2D eigenvalue weighted by Crippen LogP contribution is 2.23. The van der Waals surface area contributed by atoms with E-state index in [0.717, 1.165) is 11.3 Å². The van der Waals surface area contributed by atoms with Gasteiger partial charge in [0.2, 0.25) is 0 Å². The normalized spacial score (nSPS) is 11.1. The van der Waals surface area contributed by atoms with Crippen LogP contribution < -0.4 is 5.43 Å². The second kappa shape index (κ2) is 7.16. The first-order chi connectivity index (χ1) is 10.6. The number of hydrogen-bond donors (Lipinski definition) is 1. The van der Waals surface area contributed by atoms with Crippen molar-refractivity contribution in [2.24, 2.45) is 5.10 Å². The van der Waals surface area contributed by atoms with Crippen LogP contribution in [-0.4, -0.2) is 36.9 Å². The molecule has 0 fully saturated rings. The number of carbonyl (C=O) groups is 2. The molecule has 0 saturated carbocycles. The number of carbonyl (C=O) groups excluding carboxylic acids is 2. The maximum absolute atomic E-state index is 11.6. The van der Waals surface area contributed by atoms with Gasteiger partial charge < -0.3 is 9.47 Å². The molecule has 0 atom stereocenters. The molecule has 0 unspecified atom stereocenters. The third-order valence-electron chi connectivity index (χ3n) is 2.85. The van der Waals surface area contributed by atoms with Gasteiger partial charge >= 0.3 is 11.9 Å². The number of hydrazone groups is 1. The van der Waals surface area contributed by atoms with Gasteiger partial charge in [0.15, 0.2) is 5.71 Å². The molecule has 7 heteroatoms. The van der Waals surface area contributed by atoms with Crippen LogP contribution >= 0.6 is 0 Å². The third kappa shape index (κ3) is 3.78. The Kier molecular flexibility index (Phi) is 5.02. The summed E-state index contributed by atoms with van der Waals surface area (Å²) in [5.41, 5.74) is 4.28. The molecular formula is C15H15N3O4. The van der Waals surface area contributed by atoms with Gasteiger partial charge in [0.1, 0.15) is 5.82 Å². The highest BCUT2D eigenvalue weighted by molar-refractivity contribution is 6.39. The molecule has 1 N–H and O–H groups in total. The van der Waals surface area contributed by atoms with Gasteiger partial charge in [-0.15, -0.1) is 0 Å². The van der Waals surface area contributed by atoms with Gasteiger partial charge in [-0.25, -0.2) is 9.78 Å². The van der Waals surface area contributed by atoms with Gasteiger partial charge in [0.25, 0.3) is 0 Å². The van der Waals surface area contributed by atoms with Gasteiger partial charge in [-0.2, -0.15) is 5.10 Å². The smallest absolute Gasteiger partial charge is 0.354 e. The van der Waals surface area contributed by atoms with Crippen LogP contribution in [0.15, 0.2) is 41.5 Å². The Labute approximate surface area is 127 Å². The fraction of sp³-hybridized carbons (Fsp3) is 0.200. The highest BCUT2D eigenvalue weighted by Gasteiger charge is 2.17. The van der Waals surface area contributed by atoms with Crippen LogP contribution in [-0.2, 0) is 19.1 Å². The Balaban J connectivity index is 2.20. The fourth-order valence-electron chi connectivity index (χ4n) is 1.75. The number of ether oxygens (including phenoxy) is 2. The number of fused-ring (bicyclic) bond motifs is 1. The topological polar surface area (TPSA) is 89.9 Å². The third-order valence-corrected chi connectivity index (χ3v) is 2.85. The maximum Gasteiger partial charge on any atom is 0.354 e. The zero-order valence-electron chi connectivity index (χ0n) is 12.2. The summed E-state index contributed by atoms with van der Waals surface area (Å²) in [6, 6.07) is 11.2. The van der Waals surface area contributed by atoms with E-state index in [0.29, 0.717) is 5.82 Å². The lowest BCUT2D eigenvalue weighted by atomic mass is 10.2. The van der Waals surface area contributed by atoms with E-state index in [1.54, 1.807) is 6.07 Å². The first-order valence-corrected chi connectivity index (χ1v) is 6.47. The first kappa shape index (κ1) is 15.4. The number of nitrogens with one attached hydrogen (secondary N) is 1. The van der Waals surface area contributed by atoms with Gasteiger partial charge in [0, 0.05) is 5.56 Å². The Bertz CT molecular complexity index is 654. The first-order valence-electron chi connectivity index (χ1n) is 6.47. The van der Waals surface area contributed by atoms with E-state index in [-0.39, 0.29) is 12.1 Å². The predicted molar refractivity (Wildman–Crippen MR) is 80.6 cm³/mol. The summed E-state index contributed by atoms with van der Waals surface area (Å²) in [5.74, 6) is -0.827. The number of methoxy groups -OCH3 is 2. The molecular weight excluding hydrogens is 286 g/mol. The fourth-order valence-corrected chi connectivity index (χ4v) is 1.75. The quantitative estimate of drug-likeness (QED) is 0.513. The average molecular weight is 301 g/mol. The Hall–Kier alpha value is -2.96. The molecule has 0 aromatic heterocycles. The molecule has 1 aliphatic carbocycles. The summed E-state index contributed by atoms with van der Waals surface area (Å²) in [6.07, 6.45) is -0.286. The van der Waals surface area contributed by atoms with Crippen molar-refractivity contribution in [3.63, 3.8) is 0 Å². The van der Waals surface area contributed by atoms with Crippen LogP contribution in [0.1, 0.15) is 6.42 Å². The van der Waals surface area contributed by atoms with E-state index in [1.165, 1.54) is 14.2 Å². The van der Waals surface area contributed by atoms with Crippen molar-refractivity contribution in [1.29, 1.82) is 0 Å². The maximum atomic E-state index is 11.6. The van der Waals surface area contributed by atoms with Crippen LogP contribution in [0.3, 0.4) is 0 Å². The zero-order valence-corrected chi connectivity index (χ0v) is 12.2. The van der Waals surface area contributed by atoms with Gasteiger partial charge in [-0.3, -0.25) is 10.2 Å². The monoisotopic (exact) mass is 301 g/mol. The van der Waals surface area contributed by atoms with Crippen molar-refractivity contribution in [3.05, 3.63) is 36.4 Å². The number of nitrogens with zero attached hydrogens (tertiary/aromatic N) is 2. The van der Waals surface area contributed by atoms with Crippen LogP contribution in [0.25, 0.3) is 11.3 Å². The lowest BCUT2D eigenvalue weighted by Crippen LogP contribution is -2.21. The zero-order chi connectivity index (χ0) is 15.9. The van der Waals surface area contributed by atoms with Crippen LogP contribution in [0.5, 0.6) is 0 Å². The van der Waals surface area contributed by atoms with Crippen molar-refractivity contribution >= 4 is 23.5 Å². The van der Waals surface area contributed by atoms with Crippen molar-refractivity contribution in [3.8, 4) is 11.3 Å². The van der Waals surface area contributed by atoms with E-state index in [4.69, 9.17) is 0 Å². The predicted octanol–water partition coefficient (Wildman–Crippen LogP) is 1.69. The molecule has 22 heavy (non-hydrogen) atoms. The second-order valence-electron chi connectivity index (χ2n) is 4.31. The average Bonchev–Trinajstić information content (AvgIpc) is 2.79. The van der Waals surface area contributed by atoms with Crippen LogP contribution in [0.4, 0.5) is 5.82 Å². The second-order valence-corrected chi connectivity index (χ2v) is 4.31. The summed E-state index contributed by atoms with van der Waals surface area (Å²) >= 11 is 0. The van der Waals surface area contributed by atoms with Crippen molar-refractivity contribution in [1.82, 2.24) is 4.98 Å². The van der Waals surface area contributed by atoms with Gasteiger partial charge in [-0.1, -0.05) is 24.3 Å². The van der Waals surface area contributed by atoms with E-state index in [9.17, 15) is 9.59 Å². The van der Waals surface area contributed by atoms with E-state index in [1.807, 2.05) is 30.3 Å². The van der Waals surface area contributed by atoms with E-state index < -0.39 is 11.9 Å². The minimum absolute atomic E-state index is 0.0908. The van der Waals surface area contributed by atoms with E-state index >= 15 is 0 Å². The lowest BCUT2D eigenvalue weighted by molar-refractivity contribution is -0.140. The summed E-state index contributed by atoms with van der Waals surface area (Å²) in [5, 5.41) is 3.89. The molecule has 114 valence electrons. The summed E-state index contributed by atoms with van der Waals surface area (Å²) < 4.78 is 9.09. The minimum Gasteiger partial charge on any atom is -0.469 e. The van der Waals surface area contributed by atoms with Gasteiger partial charge in [0.05, 0.1) is 26.3 Å². The van der Waals surface area contributed by atoms with Crippen molar-refractivity contribution in [2.75, 3.05) is 19.6 Å². The van der Waals surface area contributed by atoms with Crippen molar-refractivity contribution < 1.29 is 19.1 Å². The number of esters is 2. The molecule has 0 aromatic rings. The molecule has 1 heterocycles. The Morgan fingerprint density at radius 1 is 1.18 bits per heavy atom. The largest absolute Gasteiger partial charge is 0.469 e. The minimum atomic E-state index is -0.708. The SMILES string of the molecule is COC(=O)C/C(=N/Nc1cc2cccccc-2n1)C(=O)OC. The summed E-state index contributed by atoms with van der Waals surface area (Å²) in [4.78, 5) is 27.2. The molecule has 0 aromatic carbocycles. The summed E-state index contributed by atoms with van der Waals surface area (Å²) in [7, 11) is 2.44. The molecule has 0 bridgehead atoms. The molecule has 2 aliphatic rings. The number of anilines is 1. The molecule has 2 rings (SSSR count). The molecule has 7 nitrogen and oxygen atoms in total. The highest BCUT2D eigenvalue weighted by atomic mass is 16.5. The Morgan fingerprint density at radius 2 is 1.95 bits per heavy atom. The van der Waals surface area contributed by atoms with Crippen LogP contribution in [0, 0.1) is 0 Å². The molecule has 0 radical (unpaired) electrons. The number of rotatable bonds is 5. The number of aromatic nitrogens is 1.